The van der Waals surface area contributed by atoms with Crippen LogP contribution in [0.5, 0.6) is 0 Å². The van der Waals surface area contributed by atoms with Gasteiger partial charge in [-0.3, -0.25) is 4.79 Å². The lowest BCUT2D eigenvalue weighted by atomic mass is 10.1. The molecule has 0 aliphatic rings. The number of rotatable bonds is 3. The number of nitrogens with two attached hydrogens (primary N) is 1. The lowest BCUT2D eigenvalue weighted by Crippen LogP contribution is -2.14. The maximum absolute atomic E-state index is 11.6. The van der Waals surface area contributed by atoms with Gasteiger partial charge in [0, 0.05) is 16.1 Å². The fourth-order valence-corrected chi connectivity index (χ4v) is 1.44. The summed E-state index contributed by atoms with van der Waals surface area (Å²) in [5.41, 5.74) is 5.59. The van der Waals surface area contributed by atoms with Gasteiger partial charge in [0.05, 0.1) is 7.11 Å². The fourth-order valence-electron chi connectivity index (χ4n) is 1.04. The first-order valence-corrected chi connectivity index (χ1v) is 5.19. The Hall–Kier alpha value is -1.62. The van der Waals surface area contributed by atoms with Crippen LogP contribution in [0.25, 0.3) is 0 Å². The Labute approximate surface area is 101 Å². The van der Waals surface area contributed by atoms with E-state index in [1.54, 1.807) is 24.3 Å². The number of halogens is 1. The first-order chi connectivity index (χ1) is 7.54. The molecule has 0 amide bonds. The molecule has 0 saturated heterocycles. The van der Waals surface area contributed by atoms with Gasteiger partial charge in [-0.15, -0.1) is 0 Å². The molecule has 0 saturated carbocycles. The van der Waals surface area contributed by atoms with E-state index in [0.29, 0.717) is 5.56 Å². The summed E-state index contributed by atoms with van der Waals surface area (Å²) in [5.74, 6) is -1.06. The van der Waals surface area contributed by atoms with E-state index < -0.39 is 5.97 Å². The number of esters is 1. The molecule has 0 radical (unpaired) electrons. The van der Waals surface area contributed by atoms with Crippen molar-refractivity contribution >= 4 is 27.7 Å². The molecule has 84 valence electrons. The van der Waals surface area contributed by atoms with E-state index in [-0.39, 0.29) is 11.5 Å². The molecule has 1 rings (SSSR count). The molecule has 5 heteroatoms. The van der Waals surface area contributed by atoms with E-state index >= 15 is 0 Å². The SMILES string of the molecule is COC(=O)/C(N)=C/C(=O)c1cccc(Br)c1. The molecule has 4 nitrogen and oxygen atoms in total. The van der Waals surface area contributed by atoms with Crippen molar-refractivity contribution in [3.05, 3.63) is 46.1 Å². The van der Waals surface area contributed by atoms with Crippen molar-refractivity contribution in [2.75, 3.05) is 7.11 Å². The van der Waals surface area contributed by atoms with Crippen LogP contribution >= 0.6 is 15.9 Å². The van der Waals surface area contributed by atoms with Gasteiger partial charge in [0.25, 0.3) is 0 Å². The summed E-state index contributed by atoms with van der Waals surface area (Å²) in [6.07, 6.45) is 1.05. The lowest BCUT2D eigenvalue weighted by Gasteiger charge is -1.99. The zero-order valence-electron chi connectivity index (χ0n) is 8.57. The molecule has 0 atom stereocenters. The van der Waals surface area contributed by atoms with E-state index in [9.17, 15) is 9.59 Å². The summed E-state index contributed by atoms with van der Waals surface area (Å²) in [4.78, 5) is 22.6. The Kier molecular flexibility index (Phi) is 4.25. The van der Waals surface area contributed by atoms with Gasteiger partial charge in [-0.1, -0.05) is 28.1 Å². The molecule has 16 heavy (non-hydrogen) atoms. The smallest absolute Gasteiger partial charge is 0.354 e. The Morgan fingerprint density at radius 2 is 2.12 bits per heavy atom. The minimum absolute atomic E-state index is 0.215. The normalized spacial score (nSPS) is 11.0. The molecule has 0 spiro atoms. The van der Waals surface area contributed by atoms with Crippen molar-refractivity contribution in [2.45, 2.75) is 0 Å². The molecular formula is C11H10BrNO3. The average Bonchev–Trinajstić information content (AvgIpc) is 2.27. The maximum atomic E-state index is 11.6. The number of hydrogen-bond acceptors (Lipinski definition) is 4. The van der Waals surface area contributed by atoms with E-state index in [2.05, 4.69) is 20.7 Å². The first kappa shape index (κ1) is 12.4. The zero-order chi connectivity index (χ0) is 12.1. The van der Waals surface area contributed by atoms with Crippen molar-refractivity contribution in [3.63, 3.8) is 0 Å². The van der Waals surface area contributed by atoms with Crippen LogP contribution in [0.3, 0.4) is 0 Å². The van der Waals surface area contributed by atoms with Crippen LogP contribution in [0.15, 0.2) is 40.5 Å². The number of hydrogen-bond donors (Lipinski definition) is 1. The molecule has 1 aromatic rings. The predicted molar refractivity (Wildman–Crippen MR) is 62.8 cm³/mol. The standard InChI is InChI=1S/C11H10BrNO3/c1-16-11(15)9(13)6-10(14)7-3-2-4-8(12)5-7/h2-6H,13H2,1H3/b9-6-. The fraction of sp³-hybridized carbons (Fsp3) is 0.0909. The summed E-state index contributed by atoms with van der Waals surface area (Å²) in [5, 5.41) is 0. The van der Waals surface area contributed by atoms with Crippen molar-refractivity contribution < 1.29 is 14.3 Å². The predicted octanol–water partition coefficient (Wildman–Crippen LogP) is 1.65. The van der Waals surface area contributed by atoms with Gasteiger partial charge in [-0.25, -0.2) is 4.79 Å². The van der Waals surface area contributed by atoms with E-state index in [4.69, 9.17) is 5.73 Å². The number of carbonyl (C=O) groups excluding carboxylic acids is 2. The van der Waals surface area contributed by atoms with Crippen LogP contribution < -0.4 is 5.73 Å². The first-order valence-electron chi connectivity index (χ1n) is 4.40. The third-order valence-electron chi connectivity index (χ3n) is 1.82. The second kappa shape index (κ2) is 5.46. The number of ether oxygens (including phenoxy) is 1. The molecule has 0 bridgehead atoms. The Morgan fingerprint density at radius 3 is 2.69 bits per heavy atom. The second-order valence-electron chi connectivity index (χ2n) is 2.97. The van der Waals surface area contributed by atoms with Gasteiger partial charge in [0.2, 0.25) is 0 Å². The highest BCUT2D eigenvalue weighted by molar-refractivity contribution is 9.10. The summed E-state index contributed by atoms with van der Waals surface area (Å²) < 4.78 is 5.16. The number of allylic oxidation sites excluding steroid dienone is 1. The lowest BCUT2D eigenvalue weighted by molar-refractivity contribution is -0.136. The number of ketones is 1. The van der Waals surface area contributed by atoms with Gasteiger partial charge in [0.1, 0.15) is 5.70 Å². The van der Waals surface area contributed by atoms with Gasteiger partial charge < -0.3 is 10.5 Å². The Morgan fingerprint density at radius 1 is 1.44 bits per heavy atom. The zero-order valence-corrected chi connectivity index (χ0v) is 10.2. The highest BCUT2D eigenvalue weighted by Gasteiger charge is 2.09. The molecule has 0 unspecified atom stereocenters. The van der Waals surface area contributed by atoms with Gasteiger partial charge in [-0.2, -0.15) is 0 Å². The number of methoxy groups -OCH3 is 1. The maximum Gasteiger partial charge on any atom is 0.354 e. The monoisotopic (exact) mass is 283 g/mol. The third-order valence-corrected chi connectivity index (χ3v) is 2.31. The molecule has 0 aliphatic carbocycles. The largest absolute Gasteiger partial charge is 0.464 e. The van der Waals surface area contributed by atoms with Crippen molar-refractivity contribution in [2.24, 2.45) is 5.73 Å². The average molecular weight is 284 g/mol. The van der Waals surface area contributed by atoms with Crippen LogP contribution in [-0.2, 0) is 9.53 Å². The second-order valence-corrected chi connectivity index (χ2v) is 3.88. The molecule has 0 fully saturated rings. The third kappa shape index (κ3) is 3.20. The van der Waals surface area contributed by atoms with Crippen molar-refractivity contribution in [1.29, 1.82) is 0 Å². The van der Waals surface area contributed by atoms with Crippen LogP contribution in [-0.4, -0.2) is 18.9 Å². The van der Waals surface area contributed by atoms with E-state index in [1.807, 2.05) is 0 Å². The van der Waals surface area contributed by atoms with Crippen molar-refractivity contribution in [1.82, 2.24) is 0 Å². The molecule has 0 aliphatic heterocycles. The Balaban J connectivity index is 2.92. The van der Waals surface area contributed by atoms with Crippen molar-refractivity contribution in [3.8, 4) is 0 Å². The quantitative estimate of drug-likeness (QED) is 0.520. The number of benzene rings is 1. The molecule has 0 heterocycles. The van der Waals surface area contributed by atoms with Crippen LogP contribution in [0.4, 0.5) is 0 Å². The van der Waals surface area contributed by atoms with Gasteiger partial charge in [0.15, 0.2) is 5.78 Å². The molecule has 2 N–H and O–H groups in total. The highest BCUT2D eigenvalue weighted by atomic mass is 79.9. The molecule has 1 aromatic carbocycles. The van der Waals surface area contributed by atoms with Gasteiger partial charge >= 0.3 is 5.97 Å². The summed E-state index contributed by atoms with van der Waals surface area (Å²) in [6.45, 7) is 0. The topological polar surface area (TPSA) is 69.4 Å². The van der Waals surface area contributed by atoms with Gasteiger partial charge in [-0.05, 0) is 12.1 Å². The Bertz CT molecular complexity index is 454. The summed E-state index contributed by atoms with van der Waals surface area (Å²) >= 11 is 3.24. The highest BCUT2D eigenvalue weighted by Crippen LogP contribution is 2.12. The summed E-state index contributed by atoms with van der Waals surface area (Å²) in [6, 6.07) is 6.79. The number of carbonyl (C=O) groups is 2. The van der Waals surface area contributed by atoms with E-state index in [0.717, 1.165) is 10.5 Å². The van der Waals surface area contributed by atoms with Crippen LogP contribution in [0.1, 0.15) is 10.4 Å². The summed E-state index contributed by atoms with van der Waals surface area (Å²) in [7, 11) is 1.20. The minimum atomic E-state index is -0.719. The van der Waals surface area contributed by atoms with Crippen LogP contribution in [0.2, 0.25) is 0 Å². The van der Waals surface area contributed by atoms with E-state index in [1.165, 1.54) is 7.11 Å². The molecule has 0 aromatic heterocycles. The van der Waals surface area contributed by atoms with Crippen LogP contribution in [0, 0.1) is 0 Å². The minimum Gasteiger partial charge on any atom is -0.464 e. The molecular weight excluding hydrogens is 274 g/mol.